The fourth-order valence-electron chi connectivity index (χ4n) is 2.77. The van der Waals surface area contributed by atoms with E-state index < -0.39 is 0 Å². The molecular formula is C21H22NOS. The molecule has 1 aromatic heterocycles. The molecule has 0 aliphatic heterocycles. The summed E-state index contributed by atoms with van der Waals surface area (Å²) in [5, 5.41) is 1.08. The van der Waals surface area contributed by atoms with E-state index in [2.05, 4.69) is 49.4 Å². The SMILES string of the molecule is CCCc1nc(COC)sc1Cc1ccc(-c2cc[c]cc2)cc1. The summed E-state index contributed by atoms with van der Waals surface area (Å²) in [5.41, 5.74) is 5.03. The van der Waals surface area contributed by atoms with E-state index in [1.807, 2.05) is 12.1 Å². The van der Waals surface area contributed by atoms with Crippen LogP contribution >= 0.6 is 11.3 Å². The second kappa shape index (κ2) is 8.22. The highest BCUT2D eigenvalue weighted by atomic mass is 32.1. The minimum Gasteiger partial charge on any atom is -0.378 e. The Morgan fingerprint density at radius 2 is 1.75 bits per heavy atom. The van der Waals surface area contributed by atoms with E-state index in [1.54, 1.807) is 18.4 Å². The number of methoxy groups -OCH3 is 1. The molecule has 24 heavy (non-hydrogen) atoms. The van der Waals surface area contributed by atoms with Gasteiger partial charge in [-0.3, -0.25) is 0 Å². The Bertz CT molecular complexity index is 762. The lowest BCUT2D eigenvalue weighted by atomic mass is 10.0. The van der Waals surface area contributed by atoms with Crippen LogP contribution < -0.4 is 0 Å². The lowest BCUT2D eigenvalue weighted by Crippen LogP contribution is -1.93. The van der Waals surface area contributed by atoms with Crippen LogP contribution in [0, 0.1) is 6.07 Å². The second-order valence-electron chi connectivity index (χ2n) is 5.82. The number of benzene rings is 2. The van der Waals surface area contributed by atoms with E-state index in [9.17, 15) is 0 Å². The van der Waals surface area contributed by atoms with Crippen LogP contribution in [0.1, 0.15) is 34.5 Å². The molecule has 0 bridgehead atoms. The first-order valence-electron chi connectivity index (χ1n) is 8.32. The number of rotatable bonds is 7. The monoisotopic (exact) mass is 336 g/mol. The quantitative estimate of drug-likeness (QED) is 0.584. The third-order valence-corrected chi connectivity index (χ3v) is 5.02. The zero-order chi connectivity index (χ0) is 16.8. The van der Waals surface area contributed by atoms with Crippen molar-refractivity contribution < 1.29 is 4.74 Å². The van der Waals surface area contributed by atoms with Gasteiger partial charge in [0.05, 0.1) is 12.3 Å². The Morgan fingerprint density at radius 3 is 2.42 bits per heavy atom. The van der Waals surface area contributed by atoms with E-state index in [0.29, 0.717) is 6.61 Å². The summed E-state index contributed by atoms with van der Waals surface area (Å²) in [6.45, 7) is 2.80. The number of ether oxygens (including phenoxy) is 1. The Morgan fingerprint density at radius 1 is 1.04 bits per heavy atom. The van der Waals surface area contributed by atoms with Gasteiger partial charge in [0.2, 0.25) is 0 Å². The van der Waals surface area contributed by atoms with Gasteiger partial charge in [0.15, 0.2) is 0 Å². The third-order valence-electron chi connectivity index (χ3n) is 3.95. The molecule has 0 aliphatic carbocycles. The van der Waals surface area contributed by atoms with E-state index in [1.165, 1.54) is 27.3 Å². The zero-order valence-corrected chi connectivity index (χ0v) is 15.0. The summed E-state index contributed by atoms with van der Waals surface area (Å²) in [6.07, 6.45) is 3.10. The molecule has 0 saturated carbocycles. The van der Waals surface area contributed by atoms with Crippen LogP contribution in [0.4, 0.5) is 0 Å². The van der Waals surface area contributed by atoms with E-state index in [-0.39, 0.29) is 0 Å². The van der Waals surface area contributed by atoms with Crippen molar-refractivity contribution in [3.8, 4) is 11.1 Å². The number of thiazole rings is 1. The van der Waals surface area contributed by atoms with Gasteiger partial charge in [-0.15, -0.1) is 11.3 Å². The third kappa shape index (κ3) is 4.11. The second-order valence-corrected chi connectivity index (χ2v) is 6.99. The van der Waals surface area contributed by atoms with Crippen molar-refractivity contribution in [1.29, 1.82) is 0 Å². The maximum atomic E-state index is 5.23. The first kappa shape index (κ1) is 16.9. The first-order chi connectivity index (χ1) is 11.8. The summed E-state index contributed by atoms with van der Waals surface area (Å²) < 4.78 is 5.23. The maximum Gasteiger partial charge on any atom is 0.119 e. The van der Waals surface area contributed by atoms with Gasteiger partial charge in [0.25, 0.3) is 0 Å². The van der Waals surface area contributed by atoms with Crippen LogP contribution in [0.15, 0.2) is 48.5 Å². The van der Waals surface area contributed by atoms with Gasteiger partial charge in [-0.1, -0.05) is 61.9 Å². The molecule has 3 heteroatoms. The van der Waals surface area contributed by atoms with Gasteiger partial charge in [-0.05, 0) is 29.2 Å². The summed E-state index contributed by atoms with van der Waals surface area (Å²) in [7, 11) is 1.72. The number of aromatic nitrogens is 1. The molecule has 2 nitrogen and oxygen atoms in total. The Kier molecular flexibility index (Phi) is 5.78. The Balaban J connectivity index is 1.78. The fourth-order valence-corrected chi connectivity index (χ4v) is 3.89. The lowest BCUT2D eigenvalue weighted by molar-refractivity contribution is 0.184. The number of hydrogen-bond acceptors (Lipinski definition) is 3. The summed E-state index contributed by atoms with van der Waals surface area (Å²) in [6, 6.07) is 20.0. The van der Waals surface area contributed by atoms with Crippen molar-refractivity contribution in [2.45, 2.75) is 32.8 Å². The molecule has 0 atom stereocenters. The van der Waals surface area contributed by atoms with Crippen molar-refractivity contribution in [3.63, 3.8) is 0 Å². The van der Waals surface area contributed by atoms with Crippen LogP contribution in [0.5, 0.6) is 0 Å². The van der Waals surface area contributed by atoms with Gasteiger partial charge in [0.1, 0.15) is 5.01 Å². The molecule has 0 amide bonds. The van der Waals surface area contributed by atoms with E-state index in [4.69, 9.17) is 9.72 Å². The maximum absolute atomic E-state index is 5.23. The summed E-state index contributed by atoms with van der Waals surface area (Å²) >= 11 is 1.78. The van der Waals surface area contributed by atoms with Crippen LogP contribution in [-0.4, -0.2) is 12.1 Å². The summed E-state index contributed by atoms with van der Waals surface area (Å²) in [5.74, 6) is 0. The van der Waals surface area contributed by atoms with Crippen LogP contribution in [0.2, 0.25) is 0 Å². The smallest absolute Gasteiger partial charge is 0.119 e. The minimum absolute atomic E-state index is 0.603. The molecule has 123 valence electrons. The number of hydrogen-bond donors (Lipinski definition) is 0. The first-order valence-corrected chi connectivity index (χ1v) is 9.13. The molecule has 0 fully saturated rings. The molecule has 3 rings (SSSR count). The fraction of sp³-hybridized carbons (Fsp3) is 0.286. The van der Waals surface area contributed by atoms with Gasteiger partial charge >= 0.3 is 0 Å². The van der Waals surface area contributed by atoms with Crippen molar-refractivity contribution in [1.82, 2.24) is 4.98 Å². The average molecular weight is 336 g/mol. The highest BCUT2D eigenvalue weighted by Gasteiger charge is 2.11. The predicted molar refractivity (Wildman–Crippen MR) is 100 cm³/mol. The normalized spacial score (nSPS) is 10.9. The molecule has 0 aliphatic rings. The van der Waals surface area contributed by atoms with Crippen LogP contribution in [-0.2, 0) is 24.2 Å². The van der Waals surface area contributed by atoms with Crippen LogP contribution in [0.3, 0.4) is 0 Å². The van der Waals surface area contributed by atoms with E-state index >= 15 is 0 Å². The molecule has 0 saturated heterocycles. The van der Waals surface area contributed by atoms with Gasteiger partial charge in [0, 0.05) is 18.4 Å². The zero-order valence-electron chi connectivity index (χ0n) is 14.2. The van der Waals surface area contributed by atoms with Crippen LogP contribution in [0.25, 0.3) is 11.1 Å². The van der Waals surface area contributed by atoms with Gasteiger partial charge in [-0.2, -0.15) is 0 Å². The molecule has 2 aromatic carbocycles. The van der Waals surface area contributed by atoms with Crippen molar-refractivity contribution in [2.75, 3.05) is 7.11 Å². The average Bonchev–Trinajstić information content (AvgIpc) is 2.98. The standard InChI is InChI=1S/C21H22NOS/c1-3-7-19-20(24-21(22-19)15-23-2)14-16-10-12-18(13-11-16)17-8-5-4-6-9-17/h5-6,8-13H,3,7,14-15H2,1-2H3. The van der Waals surface area contributed by atoms with Crippen molar-refractivity contribution in [3.05, 3.63) is 75.7 Å². The largest absolute Gasteiger partial charge is 0.378 e. The molecule has 0 spiro atoms. The Labute approximate surface area is 148 Å². The van der Waals surface area contributed by atoms with E-state index in [0.717, 1.165) is 24.3 Å². The lowest BCUT2D eigenvalue weighted by Gasteiger charge is -2.05. The molecule has 3 aromatic rings. The van der Waals surface area contributed by atoms with Crippen molar-refractivity contribution >= 4 is 11.3 Å². The Hall–Kier alpha value is -1.97. The van der Waals surface area contributed by atoms with Gasteiger partial charge in [-0.25, -0.2) is 4.98 Å². The molecular weight excluding hydrogens is 314 g/mol. The molecule has 0 unspecified atom stereocenters. The predicted octanol–water partition coefficient (Wildman–Crippen LogP) is 5.30. The highest BCUT2D eigenvalue weighted by Crippen LogP contribution is 2.25. The van der Waals surface area contributed by atoms with Crippen molar-refractivity contribution in [2.24, 2.45) is 0 Å². The number of aryl methyl sites for hydroxylation is 1. The molecule has 1 heterocycles. The highest BCUT2D eigenvalue weighted by molar-refractivity contribution is 7.11. The van der Waals surface area contributed by atoms with Gasteiger partial charge < -0.3 is 4.74 Å². The summed E-state index contributed by atoms with van der Waals surface area (Å²) in [4.78, 5) is 6.11. The molecule has 0 N–H and O–H groups in total. The number of nitrogens with zero attached hydrogens (tertiary/aromatic N) is 1. The topological polar surface area (TPSA) is 22.1 Å². The minimum atomic E-state index is 0.603. The molecule has 1 radical (unpaired) electrons.